The van der Waals surface area contributed by atoms with Crippen LogP contribution in [0.5, 0.6) is 5.75 Å². The number of amides is 2. The maximum atomic E-state index is 13.0. The normalized spacial score (nSPS) is 21.2. The highest BCUT2D eigenvalue weighted by Crippen LogP contribution is 2.37. The SMILES string of the molecule is Cc1nn(C)c(C)c1OCC(=O)N1C[C@@H](C(F)(F)F)[C@H](C(N)=O)C1. The van der Waals surface area contributed by atoms with Gasteiger partial charge in [-0.05, 0) is 13.8 Å². The topological polar surface area (TPSA) is 90.5 Å². The first-order chi connectivity index (χ1) is 11.0. The van der Waals surface area contributed by atoms with E-state index in [0.29, 0.717) is 17.1 Å². The molecule has 0 aliphatic carbocycles. The highest BCUT2D eigenvalue weighted by atomic mass is 19.4. The van der Waals surface area contributed by atoms with Crippen molar-refractivity contribution in [2.24, 2.45) is 24.6 Å². The maximum absolute atomic E-state index is 13.0. The van der Waals surface area contributed by atoms with Crippen molar-refractivity contribution in [2.75, 3.05) is 19.7 Å². The molecule has 7 nitrogen and oxygen atoms in total. The van der Waals surface area contributed by atoms with Gasteiger partial charge in [-0.3, -0.25) is 14.3 Å². The summed E-state index contributed by atoms with van der Waals surface area (Å²) >= 11 is 0. The fraction of sp³-hybridized carbons (Fsp3) is 0.643. The molecule has 0 saturated carbocycles. The number of carbonyl (C=O) groups excluding carboxylic acids is 2. The number of aromatic nitrogens is 2. The number of rotatable bonds is 4. The predicted molar refractivity (Wildman–Crippen MR) is 77.0 cm³/mol. The molecule has 134 valence electrons. The first-order valence-electron chi connectivity index (χ1n) is 7.29. The van der Waals surface area contributed by atoms with Crippen LogP contribution < -0.4 is 10.5 Å². The van der Waals surface area contributed by atoms with Gasteiger partial charge in [0.25, 0.3) is 5.91 Å². The summed E-state index contributed by atoms with van der Waals surface area (Å²) in [4.78, 5) is 24.4. The van der Waals surface area contributed by atoms with Gasteiger partial charge in [0.05, 0.1) is 17.5 Å². The molecule has 0 radical (unpaired) electrons. The molecule has 10 heteroatoms. The number of halogens is 3. The van der Waals surface area contributed by atoms with Crippen molar-refractivity contribution in [2.45, 2.75) is 20.0 Å². The van der Waals surface area contributed by atoms with Crippen LogP contribution in [0.3, 0.4) is 0 Å². The Morgan fingerprint density at radius 3 is 2.38 bits per heavy atom. The van der Waals surface area contributed by atoms with Crippen molar-refractivity contribution < 1.29 is 27.5 Å². The van der Waals surface area contributed by atoms with Gasteiger partial charge in [0.15, 0.2) is 12.4 Å². The first kappa shape index (κ1) is 18.1. The number of nitrogens with zero attached hydrogens (tertiary/aromatic N) is 3. The summed E-state index contributed by atoms with van der Waals surface area (Å²) in [6.07, 6.45) is -4.59. The van der Waals surface area contributed by atoms with Gasteiger partial charge < -0.3 is 15.4 Å². The molecule has 2 heterocycles. The number of aryl methyl sites for hydroxylation is 2. The lowest BCUT2D eigenvalue weighted by Gasteiger charge is -2.18. The summed E-state index contributed by atoms with van der Waals surface area (Å²) in [5.74, 6) is -4.65. The van der Waals surface area contributed by atoms with Crippen LogP contribution in [0, 0.1) is 25.7 Å². The van der Waals surface area contributed by atoms with E-state index in [1.165, 1.54) is 0 Å². The first-order valence-corrected chi connectivity index (χ1v) is 7.29. The monoisotopic (exact) mass is 348 g/mol. The molecule has 2 N–H and O–H groups in total. The van der Waals surface area contributed by atoms with Crippen molar-refractivity contribution in [3.63, 3.8) is 0 Å². The van der Waals surface area contributed by atoms with E-state index in [4.69, 9.17) is 10.5 Å². The quantitative estimate of drug-likeness (QED) is 0.860. The average Bonchev–Trinajstić information content (AvgIpc) is 3.00. The summed E-state index contributed by atoms with van der Waals surface area (Å²) in [7, 11) is 1.71. The third kappa shape index (κ3) is 3.46. The largest absolute Gasteiger partial charge is 0.480 e. The van der Waals surface area contributed by atoms with Crippen molar-refractivity contribution in [3.8, 4) is 5.75 Å². The Bertz CT molecular complexity index is 656. The molecule has 1 aliphatic rings. The van der Waals surface area contributed by atoms with Crippen LogP contribution >= 0.6 is 0 Å². The number of hydrogen-bond donors (Lipinski definition) is 1. The lowest BCUT2D eigenvalue weighted by atomic mass is 9.95. The number of ether oxygens (including phenoxy) is 1. The van der Waals surface area contributed by atoms with Crippen LogP contribution in [0.1, 0.15) is 11.4 Å². The van der Waals surface area contributed by atoms with Gasteiger partial charge in [-0.1, -0.05) is 0 Å². The zero-order chi connectivity index (χ0) is 18.2. The van der Waals surface area contributed by atoms with E-state index in [9.17, 15) is 22.8 Å². The predicted octanol–water partition coefficient (Wildman–Crippen LogP) is 0.538. The minimum absolute atomic E-state index is 0.354. The average molecular weight is 348 g/mol. The standard InChI is InChI=1S/C14H19F3N4O3/c1-7-12(8(2)20(3)19-7)24-6-11(22)21-4-9(13(18)23)10(5-21)14(15,16)17/h9-10H,4-6H2,1-3H3,(H2,18,23)/t9-,10-/m1/s1. The molecule has 1 saturated heterocycles. The Balaban J connectivity index is 2.04. The number of likely N-dealkylation sites (tertiary alicyclic amines) is 1. The number of primary amides is 1. The van der Waals surface area contributed by atoms with E-state index in [2.05, 4.69) is 5.10 Å². The van der Waals surface area contributed by atoms with Crippen LogP contribution in [0.15, 0.2) is 0 Å². The van der Waals surface area contributed by atoms with Gasteiger partial charge in [-0.15, -0.1) is 0 Å². The van der Waals surface area contributed by atoms with Gasteiger partial charge in [0, 0.05) is 20.1 Å². The van der Waals surface area contributed by atoms with E-state index >= 15 is 0 Å². The molecule has 0 aromatic carbocycles. The van der Waals surface area contributed by atoms with Crippen LogP contribution in [-0.2, 0) is 16.6 Å². The third-order valence-corrected chi connectivity index (χ3v) is 4.24. The Hall–Kier alpha value is -2.26. The summed E-state index contributed by atoms with van der Waals surface area (Å²) in [6.45, 7) is 2.07. The Morgan fingerprint density at radius 2 is 1.96 bits per heavy atom. The molecule has 0 bridgehead atoms. The van der Waals surface area contributed by atoms with E-state index in [1.54, 1.807) is 25.6 Å². The lowest BCUT2D eigenvalue weighted by molar-refractivity contribution is -0.182. The lowest BCUT2D eigenvalue weighted by Crippen LogP contribution is -2.37. The summed E-state index contributed by atoms with van der Waals surface area (Å²) in [6, 6.07) is 0. The van der Waals surface area contributed by atoms with E-state index in [0.717, 1.165) is 4.90 Å². The second-order valence-corrected chi connectivity index (χ2v) is 5.87. The summed E-state index contributed by atoms with van der Waals surface area (Å²) in [5, 5.41) is 4.12. The molecule has 0 unspecified atom stereocenters. The number of hydrogen-bond acceptors (Lipinski definition) is 4. The molecular formula is C14H19F3N4O3. The maximum Gasteiger partial charge on any atom is 0.394 e. The summed E-state index contributed by atoms with van der Waals surface area (Å²) < 4.78 is 45.9. The molecule has 1 aromatic heterocycles. The van der Waals surface area contributed by atoms with Crippen LogP contribution in [0.4, 0.5) is 13.2 Å². The number of alkyl halides is 3. The molecular weight excluding hydrogens is 329 g/mol. The molecule has 2 rings (SSSR count). The highest BCUT2D eigenvalue weighted by Gasteiger charge is 2.52. The molecule has 0 spiro atoms. The van der Waals surface area contributed by atoms with Crippen LogP contribution in [-0.4, -0.2) is 52.4 Å². The minimum atomic E-state index is -4.59. The zero-order valence-corrected chi connectivity index (χ0v) is 13.6. The van der Waals surface area contributed by atoms with E-state index < -0.39 is 43.0 Å². The fourth-order valence-electron chi connectivity index (χ4n) is 2.82. The van der Waals surface area contributed by atoms with Crippen molar-refractivity contribution in [1.82, 2.24) is 14.7 Å². The number of nitrogens with two attached hydrogens (primary N) is 1. The second-order valence-electron chi connectivity index (χ2n) is 5.87. The van der Waals surface area contributed by atoms with Crippen molar-refractivity contribution >= 4 is 11.8 Å². The Morgan fingerprint density at radius 1 is 1.33 bits per heavy atom. The van der Waals surface area contributed by atoms with Gasteiger partial charge in [-0.2, -0.15) is 18.3 Å². The fourth-order valence-corrected chi connectivity index (χ4v) is 2.82. The molecule has 24 heavy (non-hydrogen) atoms. The molecule has 1 aliphatic heterocycles. The third-order valence-electron chi connectivity index (χ3n) is 4.24. The van der Waals surface area contributed by atoms with Crippen LogP contribution in [0.25, 0.3) is 0 Å². The molecule has 1 fully saturated rings. The Kier molecular flexibility index (Phi) is 4.77. The summed E-state index contributed by atoms with van der Waals surface area (Å²) in [5.41, 5.74) is 6.31. The zero-order valence-electron chi connectivity index (χ0n) is 13.6. The van der Waals surface area contributed by atoms with Gasteiger partial charge in [0.2, 0.25) is 5.91 Å². The van der Waals surface area contributed by atoms with E-state index in [-0.39, 0.29) is 6.54 Å². The van der Waals surface area contributed by atoms with Gasteiger partial charge in [0.1, 0.15) is 5.69 Å². The van der Waals surface area contributed by atoms with E-state index in [1.807, 2.05) is 0 Å². The second kappa shape index (κ2) is 6.33. The number of carbonyl (C=O) groups is 2. The molecule has 2 amide bonds. The van der Waals surface area contributed by atoms with Crippen molar-refractivity contribution in [1.29, 1.82) is 0 Å². The Labute approximate surface area is 136 Å². The smallest absolute Gasteiger partial charge is 0.394 e. The van der Waals surface area contributed by atoms with Crippen molar-refractivity contribution in [3.05, 3.63) is 11.4 Å². The van der Waals surface area contributed by atoms with Gasteiger partial charge >= 0.3 is 6.18 Å². The molecule has 1 aromatic rings. The van der Waals surface area contributed by atoms with Gasteiger partial charge in [-0.25, -0.2) is 0 Å². The molecule has 2 atom stereocenters. The highest BCUT2D eigenvalue weighted by molar-refractivity contribution is 5.82. The minimum Gasteiger partial charge on any atom is -0.480 e. The van der Waals surface area contributed by atoms with Crippen LogP contribution in [0.2, 0.25) is 0 Å².